The molecule has 11 heavy (non-hydrogen) atoms. The molecule has 0 radical (unpaired) electrons. The normalized spacial score (nSPS) is 39.0. The number of nitrogens with two attached hydrogens (primary N) is 1. The van der Waals surface area contributed by atoms with E-state index < -0.39 is 0 Å². The summed E-state index contributed by atoms with van der Waals surface area (Å²) >= 11 is 0. The highest BCUT2D eigenvalue weighted by atomic mass is 16.3. The minimum absolute atomic E-state index is 0.0625. The van der Waals surface area contributed by atoms with E-state index >= 15 is 0 Å². The van der Waals surface area contributed by atoms with Gasteiger partial charge in [-0.2, -0.15) is 0 Å². The van der Waals surface area contributed by atoms with Crippen molar-refractivity contribution in [2.75, 3.05) is 6.61 Å². The van der Waals surface area contributed by atoms with Crippen LogP contribution in [0.5, 0.6) is 0 Å². The molecule has 1 fully saturated rings. The van der Waals surface area contributed by atoms with Gasteiger partial charge in [-0.3, -0.25) is 0 Å². The van der Waals surface area contributed by atoms with Gasteiger partial charge in [0.25, 0.3) is 0 Å². The molecule has 2 heteroatoms. The van der Waals surface area contributed by atoms with Crippen molar-refractivity contribution in [2.24, 2.45) is 11.7 Å². The fraction of sp³-hybridized carbons (Fsp3) is 1.00. The van der Waals surface area contributed by atoms with Crippen molar-refractivity contribution in [3.8, 4) is 0 Å². The summed E-state index contributed by atoms with van der Waals surface area (Å²) in [6.45, 7) is 2.39. The van der Waals surface area contributed by atoms with E-state index in [2.05, 4.69) is 6.92 Å². The maximum absolute atomic E-state index is 9.08. The van der Waals surface area contributed by atoms with Gasteiger partial charge in [-0.05, 0) is 25.2 Å². The Balaban J connectivity index is 2.57. The molecule has 1 saturated carbocycles. The second-order valence-corrected chi connectivity index (χ2v) is 3.71. The summed E-state index contributed by atoms with van der Waals surface area (Å²) in [6, 6.07) is 0. The maximum atomic E-state index is 9.08. The van der Waals surface area contributed by atoms with Gasteiger partial charge < -0.3 is 10.8 Å². The number of aliphatic hydroxyl groups is 1. The van der Waals surface area contributed by atoms with E-state index in [9.17, 15) is 0 Å². The molecule has 0 spiro atoms. The largest absolute Gasteiger partial charge is 0.396 e. The van der Waals surface area contributed by atoms with Crippen molar-refractivity contribution in [2.45, 2.75) is 44.6 Å². The molecule has 0 bridgehead atoms. The minimum atomic E-state index is -0.0625. The van der Waals surface area contributed by atoms with Gasteiger partial charge in [-0.25, -0.2) is 0 Å². The van der Waals surface area contributed by atoms with E-state index in [4.69, 9.17) is 10.8 Å². The molecule has 0 heterocycles. The summed E-state index contributed by atoms with van der Waals surface area (Å²) in [7, 11) is 0. The van der Waals surface area contributed by atoms with E-state index in [1.807, 2.05) is 0 Å². The van der Waals surface area contributed by atoms with Gasteiger partial charge in [-0.15, -0.1) is 0 Å². The second-order valence-electron chi connectivity index (χ2n) is 3.71. The van der Waals surface area contributed by atoms with Crippen LogP contribution in [0.1, 0.15) is 39.0 Å². The molecule has 2 nitrogen and oxygen atoms in total. The first-order chi connectivity index (χ1) is 5.23. The van der Waals surface area contributed by atoms with Crippen molar-refractivity contribution in [3.63, 3.8) is 0 Å². The van der Waals surface area contributed by atoms with Crippen LogP contribution in [0.2, 0.25) is 0 Å². The predicted octanol–water partition coefficient (Wildman–Crippen LogP) is 1.28. The second kappa shape index (κ2) is 3.55. The molecule has 0 aromatic carbocycles. The Bertz CT molecular complexity index is 127. The molecule has 0 aromatic rings. The highest BCUT2D eigenvalue weighted by Crippen LogP contribution is 2.33. The lowest BCUT2D eigenvalue weighted by Crippen LogP contribution is -2.50. The van der Waals surface area contributed by atoms with Crippen LogP contribution in [-0.2, 0) is 0 Å². The topological polar surface area (TPSA) is 46.2 Å². The van der Waals surface area contributed by atoms with Crippen LogP contribution >= 0.6 is 0 Å². The van der Waals surface area contributed by atoms with Crippen molar-refractivity contribution >= 4 is 0 Å². The number of hydrogen-bond donors (Lipinski definition) is 2. The number of rotatable bonds is 2. The van der Waals surface area contributed by atoms with Crippen LogP contribution in [-0.4, -0.2) is 17.3 Å². The van der Waals surface area contributed by atoms with E-state index in [1.54, 1.807) is 0 Å². The molecule has 0 aromatic heterocycles. The Morgan fingerprint density at radius 3 is 2.73 bits per heavy atom. The average Bonchev–Trinajstić information content (AvgIpc) is 2.05. The Labute approximate surface area is 68.8 Å². The fourth-order valence-corrected chi connectivity index (χ4v) is 2.07. The molecule has 0 aliphatic heterocycles. The fourth-order valence-electron chi connectivity index (χ4n) is 2.07. The zero-order chi connectivity index (χ0) is 8.32. The standard InChI is InChI=1S/C9H19NO/c1-2-9(10)6-4-3-5-8(9)7-11/h8,11H,2-7,10H2,1H3/t8-,9+/m1/s1. The first-order valence-electron chi connectivity index (χ1n) is 4.62. The van der Waals surface area contributed by atoms with Crippen molar-refractivity contribution in [3.05, 3.63) is 0 Å². The summed E-state index contributed by atoms with van der Waals surface area (Å²) in [5, 5.41) is 9.08. The zero-order valence-electron chi connectivity index (χ0n) is 7.34. The van der Waals surface area contributed by atoms with Gasteiger partial charge in [0.15, 0.2) is 0 Å². The summed E-state index contributed by atoms with van der Waals surface area (Å²) in [6.07, 6.45) is 5.68. The van der Waals surface area contributed by atoms with Crippen LogP contribution in [0.15, 0.2) is 0 Å². The Morgan fingerprint density at radius 2 is 2.27 bits per heavy atom. The van der Waals surface area contributed by atoms with E-state index in [0.29, 0.717) is 5.92 Å². The molecular weight excluding hydrogens is 138 g/mol. The van der Waals surface area contributed by atoms with Gasteiger partial charge in [0.2, 0.25) is 0 Å². The first-order valence-corrected chi connectivity index (χ1v) is 4.62. The highest BCUT2D eigenvalue weighted by Gasteiger charge is 2.34. The number of aliphatic hydroxyl groups excluding tert-OH is 1. The van der Waals surface area contributed by atoms with Gasteiger partial charge in [0.05, 0.1) is 0 Å². The third-order valence-corrected chi connectivity index (χ3v) is 3.14. The first kappa shape index (κ1) is 9.01. The van der Waals surface area contributed by atoms with Gasteiger partial charge in [-0.1, -0.05) is 19.8 Å². The van der Waals surface area contributed by atoms with Gasteiger partial charge in [0, 0.05) is 12.1 Å². The zero-order valence-corrected chi connectivity index (χ0v) is 7.34. The van der Waals surface area contributed by atoms with Crippen LogP contribution < -0.4 is 5.73 Å². The molecule has 0 amide bonds. The molecule has 2 atom stereocenters. The molecule has 66 valence electrons. The van der Waals surface area contributed by atoms with Crippen molar-refractivity contribution in [1.82, 2.24) is 0 Å². The van der Waals surface area contributed by atoms with Crippen LogP contribution in [0.4, 0.5) is 0 Å². The van der Waals surface area contributed by atoms with Crippen molar-refractivity contribution < 1.29 is 5.11 Å². The quantitative estimate of drug-likeness (QED) is 0.634. The predicted molar refractivity (Wildman–Crippen MR) is 46.3 cm³/mol. The summed E-state index contributed by atoms with van der Waals surface area (Å²) < 4.78 is 0. The number of hydrogen-bond acceptors (Lipinski definition) is 2. The SMILES string of the molecule is CC[C@]1(N)CCCC[C@@H]1CO. The maximum Gasteiger partial charge on any atom is 0.0476 e. The molecule has 3 N–H and O–H groups in total. The van der Waals surface area contributed by atoms with Crippen molar-refractivity contribution in [1.29, 1.82) is 0 Å². The van der Waals surface area contributed by atoms with Gasteiger partial charge >= 0.3 is 0 Å². The van der Waals surface area contributed by atoms with Gasteiger partial charge in [0.1, 0.15) is 0 Å². The van der Waals surface area contributed by atoms with E-state index in [0.717, 1.165) is 19.3 Å². The molecule has 1 rings (SSSR count). The monoisotopic (exact) mass is 157 g/mol. The molecular formula is C9H19NO. The summed E-state index contributed by atoms with van der Waals surface area (Å²) in [4.78, 5) is 0. The highest BCUT2D eigenvalue weighted by molar-refractivity contribution is 4.92. The molecule has 0 unspecified atom stereocenters. The molecule has 1 aliphatic carbocycles. The Kier molecular flexibility index (Phi) is 2.90. The van der Waals surface area contributed by atoms with Crippen LogP contribution in [0, 0.1) is 5.92 Å². The Hall–Kier alpha value is -0.0800. The Morgan fingerprint density at radius 1 is 1.55 bits per heavy atom. The lowest BCUT2D eigenvalue weighted by atomic mass is 9.72. The van der Waals surface area contributed by atoms with E-state index in [-0.39, 0.29) is 12.1 Å². The third kappa shape index (κ3) is 1.74. The van der Waals surface area contributed by atoms with Crippen LogP contribution in [0.3, 0.4) is 0 Å². The lowest BCUT2D eigenvalue weighted by Gasteiger charge is -2.39. The summed E-state index contributed by atoms with van der Waals surface area (Å²) in [5.74, 6) is 0.348. The third-order valence-electron chi connectivity index (χ3n) is 3.14. The van der Waals surface area contributed by atoms with E-state index in [1.165, 1.54) is 12.8 Å². The minimum Gasteiger partial charge on any atom is -0.396 e. The smallest absolute Gasteiger partial charge is 0.0476 e. The average molecular weight is 157 g/mol. The summed E-state index contributed by atoms with van der Waals surface area (Å²) in [5.41, 5.74) is 6.09. The molecule has 1 aliphatic rings. The molecule has 0 saturated heterocycles. The lowest BCUT2D eigenvalue weighted by molar-refractivity contribution is 0.106. The van der Waals surface area contributed by atoms with Crippen LogP contribution in [0.25, 0.3) is 0 Å².